The predicted octanol–water partition coefficient (Wildman–Crippen LogP) is 4.56. The molecule has 4 heteroatoms. The van der Waals surface area contributed by atoms with Crippen LogP contribution >= 0.6 is 27.3 Å². The van der Waals surface area contributed by atoms with E-state index in [1.54, 1.807) is 6.07 Å². The first-order chi connectivity index (χ1) is 8.56. The molecule has 0 aliphatic rings. The van der Waals surface area contributed by atoms with Crippen LogP contribution in [-0.2, 0) is 13.1 Å². The Labute approximate surface area is 119 Å². The SMILES string of the molecule is Cc1cc(CNCc2ccc(F)cc2Br)sc1C. The van der Waals surface area contributed by atoms with Gasteiger partial charge in [-0.1, -0.05) is 22.0 Å². The van der Waals surface area contributed by atoms with Gasteiger partial charge in [0.2, 0.25) is 0 Å². The molecule has 0 bridgehead atoms. The van der Waals surface area contributed by atoms with Crippen molar-refractivity contribution in [3.8, 4) is 0 Å². The van der Waals surface area contributed by atoms with Gasteiger partial charge in [-0.2, -0.15) is 0 Å². The van der Waals surface area contributed by atoms with Crippen molar-refractivity contribution in [2.45, 2.75) is 26.9 Å². The predicted molar refractivity (Wildman–Crippen MR) is 78.4 cm³/mol. The second kappa shape index (κ2) is 5.95. The first-order valence-electron chi connectivity index (χ1n) is 5.77. The molecule has 0 unspecified atom stereocenters. The number of benzene rings is 1. The Kier molecular flexibility index (Phi) is 4.54. The highest BCUT2D eigenvalue weighted by Crippen LogP contribution is 2.21. The van der Waals surface area contributed by atoms with Crippen molar-refractivity contribution in [2.24, 2.45) is 0 Å². The normalized spacial score (nSPS) is 10.9. The van der Waals surface area contributed by atoms with Crippen LogP contribution in [0.2, 0.25) is 0 Å². The summed E-state index contributed by atoms with van der Waals surface area (Å²) < 4.78 is 13.7. The van der Waals surface area contributed by atoms with Gasteiger partial charge in [0.25, 0.3) is 0 Å². The van der Waals surface area contributed by atoms with Gasteiger partial charge in [0.1, 0.15) is 5.82 Å². The third-order valence-corrected chi connectivity index (χ3v) is 4.74. The summed E-state index contributed by atoms with van der Waals surface area (Å²) in [5, 5.41) is 3.38. The number of halogens is 2. The molecule has 0 fully saturated rings. The molecule has 0 radical (unpaired) electrons. The molecule has 0 aliphatic carbocycles. The van der Waals surface area contributed by atoms with E-state index in [-0.39, 0.29) is 5.82 Å². The molecule has 0 saturated heterocycles. The number of rotatable bonds is 4. The van der Waals surface area contributed by atoms with E-state index < -0.39 is 0 Å². The van der Waals surface area contributed by atoms with Crippen molar-refractivity contribution in [1.29, 1.82) is 0 Å². The summed E-state index contributed by atoms with van der Waals surface area (Å²) in [6, 6.07) is 7.00. The van der Waals surface area contributed by atoms with Gasteiger partial charge in [0.05, 0.1) is 0 Å². The van der Waals surface area contributed by atoms with Crippen LogP contribution in [0.4, 0.5) is 4.39 Å². The molecule has 0 aliphatic heterocycles. The minimum atomic E-state index is -0.213. The van der Waals surface area contributed by atoms with E-state index in [9.17, 15) is 4.39 Å². The summed E-state index contributed by atoms with van der Waals surface area (Å²) in [6.07, 6.45) is 0. The Morgan fingerprint density at radius 1 is 1.22 bits per heavy atom. The van der Waals surface area contributed by atoms with Crippen LogP contribution in [0.5, 0.6) is 0 Å². The molecule has 1 nitrogen and oxygen atoms in total. The lowest BCUT2D eigenvalue weighted by Crippen LogP contribution is -2.12. The Bertz CT molecular complexity index is 531. The molecule has 2 rings (SSSR count). The van der Waals surface area contributed by atoms with Crippen molar-refractivity contribution in [3.05, 3.63) is 55.4 Å². The van der Waals surface area contributed by atoms with Crippen LogP contribution in [-0.4, -0.2) is 0 Å². The summed E-state index contributed by atoms with van der Waals surface area (Å²) in [5.74, 6) is -0.213. The highest BCUT2D eigenvalue weighted by Gasteiger charge is 2.03. The van der Waals surface area contributed by atoms with Crippen LogP contribution in [0.25, 0.3) is 0 Å². The monoisotopic (exact) mass is 327 g/mol. The van der Waals surface area contributed by atoms with Gasteiger partial charge in [-0.25, -0.2) is 4.39 Å². The minimum absolute atomic E-state index is 0.213. The maximum Gasteiger partial charge on any atom is 0.124 e. The van der Waals surface area contributed by atoms with Gasteiger partial charge in [0, 0.05) is 27.3 Å². The summed E-state index contributed by atoms with van der Waals surface area (Å²) >= 11 is 5.19. The minimum Gasteiger partial charge on any atom is -0.308 e. The van der Waals surface area contributed by atoms with Crippen LogP contribution in [0.1, 0.15) is 20.9 Å². The van der Waals surface area contributed by atoms with Gasteiger partial charge in [-0.05, 0) is 43.2 Å². The molecule has 0 amide bonds. The molecular weight excluding hydrogens is 313 g/mol. The molecule has 1 heterocycles. The topological polar surface area (TPSA) is 12.0 Å². The quantitative estimate of drug-likeness (QED) is 0.868. The van der Waals surface area contributed by atoms with Crippen molar-refractivity contribution >= 4 is 27.3 Å². The van der Waals surface area contributed by atoms with E-state index in [0.717, 1.165) is 23.1 Å². The van der Waals surface area contributed by atoms with Crippen molar-refractivity contribution in [2.75, 3.05) is 0 Å². The molecular formula is C14H15BrFNS. The molecule has 2 aromatic rings. The third-order valence-electron chi connectivity index (χ3n) is 2.85. The molecule has 0 spiro atoms. The van der Waals surface area contributed by atoms with Gasteiger partial charge >= 0.3 is 0 Å². The average Bonchev–Trinajstić information content (AvgIpc) is 2.61. The Morgan fingerprint density at radius 3 is 2.61 bits per heavy atom. The Hall–Kier alpha value is -0.710. The van der Waals surface area contributed by atoms with Crippen LogP contribution in [0.3, 0.4) is 0 Å². The molecule has 96 valence electrons. The summed E-state index contributed by atoms with van der Waals surface area (Å²) in [7, 11) is 0. The fourth-order valence-electron chi connectivity index (χ4n) is 1.72. The maximum absolute atomic E-state index is 12.9. The van der Waals surface area contributed by atoms with Gasteiger partial charge < -0.3 is 5.32 Å². The molecule has 1 N–H and O–H groups in total. The standard InChI is InChI=1S/C14H15BrFNS/c1-9-5-13(18-10(9)2)8-17-7-11-3-4-12(16)6-14(11)15/h3-6,17H,7-8H2,1-2H3. The zero-order valence-electron chi connectivity index (χ0n) is 10.4. The molecule has 18 heavy (non-hydrogen) atoms. The van der Waals surface area contributed by atoms with E-state index in [1.165, 1.54) is 27.5 Å². The number of thiophene rings is 1. The maximum atomic E-state index is 12.9. The Morgan fingerprint density at radius 2 is 2.00 bits per heavy atom. The lowest BCUT2D eigenvalue weighted by atomic mass is 10.2. The second-order valence-corrected chi connectivity index (χ2v) is 6.49. The average molecular weight is 328 g/mol. The van der Waals surface area contributed by atoms with Crippen LogP contribution in [0.15, 0.2) is 28.7 Å². The van der Waals surface area contributed by atoms with E-state index in [2.05, 4.69) is 41.2 Å². The molecule has 1 aromatic heterocycles. The van der Waals surface area contributed by atoms with Crippen LogP contribution < -0.4 is 5.32 Å². The number of aryl methyl sites for hydroxylation is 2. The lowest BCUT2D eigenvalue weighted by molar-refractivity contribution is 0.623. The zero-order valence-corrected chi connectivity index (χ0v) is 12.8. The largest absolute Gasteiger partial charge is 0.308 e. The molecule has 0 atom stereocenters. The van der Waals surface area contributed by atoms with Gasteiger partial charge in [-0.15, -0.1) is 11.3 Å². The molecule has 0 saturated carbocycles. The van der Waals surface area contributed by atoms with E-state index in [4.69, 9.17) is 0 Å². The van der Waals surface area contributed by atoms with Crippen molar-refractivity contribution in [3.63, 3.8) is 0 Å². The third kappa shape index (κ3) is 3.40. The van der Waals surface area contributed by atoms with E-state index >= 15 is 0 Å². The Balaban J connectivity index is 1.92. The first-order valence-corrected chi connectivity index (χ1v) is 7.38. The second-order valence-electron chi connectivity index (χ2n) is 4.29. The fourth-order valence-corrected chi connectivity index (χ4v) is 3.24. The van der Waals surface area contributed by atoms with E-state index in [0.29, 0.717) is 0 Å². The highest BCUT2D eigenvalue weighted by atomic mass is 79.9. The van der Waals surface area contributed by atoms with Crippen LogP contribution in [0, 0.1) is 19.7 Å². The highest BCUT2D eigenvalue weighted by molar-refractivity contribution is 9.10. The molecule has 1 aromatic carbocycles. The summed E-state index contributed by atoms with van der Waals surface area (Å²) in [6.45, 7) is 5.85. The van der Waals surface area contributed by atoms with Gasteiger partial charge in [-0.3, -0.25) is 0 Å². The first kappa shape index (κ1) is 13.7. The van der Waals surface area contributed by atoms with E-state index in [1.807, 2.05) is 11.3 Å². The number of hydrogen-bond donors (Lipinski definition) is 1. The fraction of sp³-hybridized carbons (Fsp3) is 0.286. The number of hydrogen-bond acceptors (Lipinski definition) is 2. The van der Waals surface area contributed by atoms with Crippen molar-refractivity contribution < 1.29 is 4.39 Å². The number of nitrogens with one attached hydrogen (secondary N) is 1. The van der Waals surface area contributed by atoms with Crippen molar-refractivity contribution in [1.82, 2.24) is 5.32 Å². The lowest BCUT2D eigenvalue weighted by Gasteiger charge is -2.06. The summed E-state index contributed by atoms with van der Waals surface area (Å²) in [4.78, 5) is 2.71. The van der Waals surface area contributed by atoms with Gasteiger partial charge in [0.15, 0.2) is 0 Å². The smallest absolute Gasteiger partial charge is 0.124 e. The zero-order chi connectivity index (χ0) is 13.1. The summed E-state index contributed by atoms with van der Waals surface area (Å²) in [5.41, 5.74) is 2.42.